The number of carbonyl (C=O) groups is 1. The maximum absolute atomic E-state index is 12.0. The molecule has 1 saturated heterocycles. The molecule has 1 aliphatic rings. The van der Waals surface area contributed by atoms with Crippen LogP contribution in [0.2, 0.25) is 0 Å². The number of aromatic nitrogens is 2. The molecule has 0 radical (unpaired) electrons. The van der Waals surface area contributed by atoms with Gasteiger partial charge in [0.2, 0.25) is 0 Å². The highest BCUT2D eigenvalue weighted by Crippen LogP contribution is 2.36. The zero-order valence-electron chi connectivity index (χ0n) is 11.9. The second-order valence-corrected chi connectivity index (χ2v) is 6.88. The van der Waals surface area contributed by atoms with Gasteiger partial charge >= 0.3 is 0 Å². The zero-order chi connectivity index (χ0) is 14.7. The molecule has 5 nitrogen and oxygen atoms in total. The average molecular weight is 322 g/mol. The van der Waals surface area contributed by atoms with Crippen molar-refractivity contribution in [2.75, 3.05) is 20.1 Å². The van der Waals surface area contributed by atoms with E-state index in [1.807, 2.05) is 0 Å². The summed E-state index contributed by atoms with van der Waals surface area (Å²) < 4.78 is 7.84. The first-order valence-electron chi connectivity index (χ1n) is 7.05. The van der Waals surface area contributed by atoms with E-state index in [0.717, 1.165) is 24.7 Å². The highest BCUT2D eigenvalue weighted by atomic mass is 32.1. The van der Waals surface area contributed by atoms with Gasteiger partial charge in [-0.15, -0.1) is 11.3 Å². The summed E-state index contributed by atoms with van der Waals surface area (Å²) in [5.41, 5.74) is 0.414. The lowest BCUT2D eigenvalue weighted by Crippen LogP contribution is -2.41. The molecule has 1 amide bonds. The number of rotatable bonds is 4. The van der Waals surface area contributed by atoms with Crippen LogP contribution in [0.25, 0.3) is 0 Å². The molecule has 3 rings (SSSR count). The summed E-state index contributed by atoms with van der Waals surface area (Å²) in [6.07, 6.45) is 3.84. The van der Waals surface area contributed by atoms with Gasteiger partial charge in [-0.3, -0.25) is 9.69 Å². The molecule has 0 aliphatic carbocycles. The molecule has 3 heterocycles. The van der Waals surface area contributed by atoms with Crippen molar-refractivity contribution in [3.8, 4) is 0 Å². The second-order valence-electron chi connectivity index (χ2n) is 5.35. The van der Waals surface area contributed by atoms with E-state index in [4.69, 9.17) is 0 Å². The maximum Gasteiger partial charge on any atom is 0.272 e. The van der Waals surface area contributed by atoms with Crippen LogP contribution in [0.1, 0.15) is 34.2 Å². The summed E-state index contributed by atoms with van der Waals surface area (Å²) in [5, 5.41) is 5.13. The first kappa shape index (κ1) is 14.6. The molecule has 0 spiro atoms. The van der Waals surface area contributed by atoms with E-state index in [2.05, 4.69) is 43.5 Å². The number of hydrogen-bond acceptors (Lipinski definition) is 6. The van der Waals surface area contributed by atoms with E-state index in [9.17, 15) is 4.79 Å². The van der Waals surface area contributed by atoms with Crippen molar-refractivity contribution in [3.05, 3.63) is 34.3 Å². The van der Waals surface area contributed by atoms with E-state index < -0.39 is 0 Å². The molecule has 2 atom stereocenters. The molecular weight excluding hydrogens is 304 g/mol. The molecule has 112 valence electrons. The molecule has 1 aliphatic heterocycles. The predicted octanol–water partition coefficient (Wildman–Crippen LogP) is 2.41. The maximum atomic E-state index is 12.0. The smallest absolute Gasteiger partial charge is 0.272 e. The number of hydrogen-bond donors (Lipinski definition) is 1. The molecule has 1 fully saturated rings. The Morgan fingerprint density at radius 1 is 1.57 bits per heavy atom. The minimum atomic E-state index is -0.123. The van der Waals surface area contributed by atoms with Gasteiger partial charge in [-0.25, -0.2) is 0 Å². The topological polar surface area (TPSA) is 58.1 Å². The highest BCUT2D eigenvalue weighted by molar-refractivity contribution is 7.10. The van der Waals surface area contributed by atoms with E-state index in [1.165, 1.54) is 17.5 Å². The SMILES string of the molecule is CN1CCCC(CNC(=O)c2cnsn2)C1c1cccs1. The second kappa shape index (κ2) is 6.64. The Morgan fingerprint density at radius 3 is 3.19 bits per heavy atom. The van der Waals surface area contributed by atoms with Crippen molar-refractivity contribution in [2.24, 2.45) is 5.92 Å². The standard InChI is InChI=1S/C14H18N4OS2/c1-18-6-2-4-10(13(18)12-5-3-7-20-12)8-15-14(19)11-9-16-21-17-11/h3,5,7,9-10,13H,2,4,6,8H2,1H3,(H,15,19). The summed E-state index contributed by atoms with van der Waals surface area (Å²) in [4.78, 5) is 15.8. The van der Waals surface area contributed by atoms with Crippen LogP contribution in [0.15, 0.2) is 23.7 Å². The van der Waals surface area contributed by atoms with Crippen LogP contribution in [0.5, 0.6) is 0 Å². The molecule has 2 aromatic heterocycles. The molecule has 7 heteroatoms. The Labute approximate surface area is 132 Å². The molecule has 2 unspecified atom stereocenters. The van der Waals surface area contributed by atoms with Crippen LogP contribution in [0.4, 0.5) is 0 Å². The Morgan fingerprint density at radius 2 is 2.48 bits per heavy atom. The lowest BCUT2D eigenvalue weighted by atomic mass is 9.88. The van der Waals surface area contributed by atoms with Gasteiger partial charge in [-0.05, 0) is 43.8 Å². The lowest BCUT2D eigenvalue weighted by molar-refractivity contribution is 0.0891. The van der Waals surface area contributed by atoms with Gasteiger partial charge < -0.3 is 5.32 Å². The summed E-state index contributed by atoms with van der Waals surface area (Å²) in [6.45, 7) is 1.80. The Balaban J connectivity index is 1.66. The van der Waals surface area contributed by atoms with Crippen LogP contribution in [-0.2, 0) is 0 Å². The summed E-state index contributed by atoms with van der Waals surface area (Å²) in [7, 11) is 2.17. The average Bonchev–Trinajstić information content (AvgIpc) is 3.17. The number of amides is 1. The normalized spacial score (nSPS) is 23.1. The van der Waals surface area contributed by atoms with E-state index in [1.54, 1.807) is 11.3 Å². The van der Waals surface area contributed by atoms with Gasteiger partial charge in [0.1, 0.15) is 0 Å². The number of thiophene rings is 1. The Kier molecular flexibility index (Phi) is 4.62. The van der Waals surface area contributed by atoms with Gasteiger partial charge in [0.05, 0.1) is 17.9 Å². The van der Waals surface area contributed by atoms with Crippen molar-refractivity contribution >= 4 is 29.0 Å². The third kappa shape index (κ3) is 3.30. The molecule has 0 bridgehead atoms. The Hall–Kier alpha value is -1.31. The van der Waals surface area contributed by atoms with Crippen LogP contribution < -0.4 is 5.32 Å². The van der Waals surface area contributed by atoms with Crippen LogP contribution >= 0.6 is 23.1 Å². The molecule has 0 saturated carbocycles. The van der Waals surface area contributed by atoms with Crippen molar-refractivity contribution in [1.82, 2.24) is 19.0 Å². The van der Waals surface area contributed by atoms with Crippen LogP contribution in [-0.4, -0.2) is 39.7 Å². The number of nitrogens with one attached hydrogen (secondary N) is 1. The minimum absolute atomic E-state index is 0.123. The van der Waals surface area contributed by atoms with Gasteiger partial charge in [0, 0.05) is 17.5 Å². The van der Waals surface area contributed by atoms with E-state index >= 15 is 0 Å². The van der Waals surface area contributed by atoms with Gasteiger partial charge in [-0.2, -0.15) is 8.75 Å². The van der Waals surface area contributed by atoms with Gasteiger partial charge in [-0.1, -0.05) is 6.07 Å². The fraction of sp³-hybridized carbons (Fsp3) is 0.500. The molecular formula is C14H18N4OS2. The zero-order valence-corrected chi connectivity index (χ0v) is 13.5. The predicted molar refractivity (Wildman–Crippen MR) is 84.7 cm³/mol. The number of likely N-dealkylation sites (tertiary alicyclic amines) is 1. The number of carbonyl (C=O) groups excluding carboxylic acids is 1. The van der Waals surface area contributed by atoms with Crippen LogP contribution in [0.3, 0.4) is 0 Å². The summed E-state index contributed by atoms with van der Waals surface area (Å²) >= 11 is 2.85. The van der Waals surface area contributed by atoms with Gasteiger partial charge in [0.15, 0.2) is 5.69 Å². The fourth-order valence-corrected chi connectivity index (χ4v) is 4.36. The summed E-state index contributed by atoms with van der Waals surface area (Å²) in [6, 6.07) is 4.68. The molecule has 2 aromatic rings. The van der Waals surface area contributed by atoms with Crippen molar-refractivity contribution < 1.29 is 4.79 Å². The number of nitrogens with zero attached hydrogens (tertiary/aromatic N) is 3. The third-order valence-corrected chi connectivity index (χ3v) is 5.38. The monoisotopic (exact) mass is 322 g/mol. The largest absolute Gasteiger partial charge is 0.350 e. The first-order valence-corrected chi connectivity index (χ1v) is 8.66. The highest BCUT2D eigenvalue weighted by Gasteiger charge is 2.31. The minimum Gasteiger partial charge on any atom is -0.350 e. The first-order chi connectivity index (χ1) is 10.3. The van der Waals surface area contributed by atoms with Crippen molar-refractivity contribution in [3.63, 3.8) is 0 Å². The quantitative estimate of drug-likeness (QED) is 0.939. The van der Waals surface area contributed by atoms with Crippen molar-refractivity contribution in [2.45, 2.75) is 18.9 Å². The Bertz CT molecular complexity index is 570. The number of piperidine rings is 1. The summed E-state index contributed by atoms with van der Waals surface area (Å²) in [5.74, 6) is 0.319. The van der Waals surface area contributed by atoms with Crippen molar-refractivity contribution in [1.29, 1.82) is 0 Å². The van der Waals surface area contributed by atoms with Gasteiger partial charge in [0.25, 0.3) is 5.91 Å². The molecule has 1 N–H and O–H groups in total. The van der Waals surface area contributed by atoms with Crippen LogP contribution in [0, 0.1) is 5.92 Å². The molecule has 0 aromatic carbocycles. The fourth-order valence-electron chi connectivity index (χ4n) is 2.96. The van der Waals surface area contributed by atoms with E-state index in [0.29, 0.717) is 24.2 Å². The molecule has 21 heavy (non-hydrogen) atoms. The third-order valence-electron chi connectivity index (χ3n) is 3.96. The lowest BCUT2D eigenvalue weighted by Gasteiger charge is -2.38. The van der Waals surface area contributed by atoms with E-state index in [-0.39, 0.29) is 5.91 Å².